The number of rotatable bonds is 5. The highest BCUT2D eigenvalue weighted by Crippen LogP contribution is 2.26. The normalized spacial score (nSPS) is 12.2. The first kappa shape index (κ1) is 14.7. The highest BCUT2D eigenvalue weighted by atomic mass is 35.5. The van der Waals surface area contributed by atoms with Crippen molar-refractivity contribution >= 4 is 17.3 Å². The van der Waals surface area contributed by atoms with Crippen LogP contribution in [0, 0.1) is 0 Å². The Morgan fingerprint density at radius 3 is 2.20 bits per heavy atom. The molecule has 2 nitrogen and oxygen atoms in total. The number of ether oxygens (including phenoxy) is 1. The average Bonchev–Trinajstić information content (AvgIpc) is 2.41. The number of nitrogens with one attached hydrogen (secondary N) is 1. The zero-order valence-electron chi connectivity index (χ0n) is 12.1. The average molecular weight is 290 g/mol. The van der Waals surface area contributed by atoms with Gasteiger partial charge in [0.15, 0.2) is 0 Å². The van der Waals surface area contributed by atoms with Gasteiger partial charge in [-0.1, -0.05) is 35.9 Å². The molecule has 106 valence electrons. The van der Waals surface area contributed by atoms with Gasteiger partial charge in [0.2, 0.25) is 0 Å². The predicted molar refractivity (Wildman–Crippen MR) is 85.7 cm³/mol. The van der Waals surface area contributed by atoms with Crippen LogP contribution in [0.2, 0.25) is 5.02 Å². The molecule has 0 aliphatic rings. The molecule has 0 aromatic heterocycles. The summed E-state index contributed by atoms with van der Waals surface area (Å²) in [6, 6.07) is 16.1. The Hall–Kier alpha value is -1.67. The van der Waals surface area contributed by atoms with E-state index in [0.29, 0.717) is 0 Å². The summed E-state index contributed by atoms with van der Waals surface area (Å²) in [5.41, 5.74) is 2.14. The maximum atomic E-state index is 6.16. The first-order valence-electron chi connectivity index (χ1n) is 6.84. The molecule has 2 aromatic carbocycles. The SMILES string of the molecule is CC(C)Oc1ccc(C(C)Nc2ccccc2Cl)cc1. The van der Waals surface area contributed by atoms with Gasteiger partial charge in [-0.05, 0) is 50.6 Å². The number of hydrogen-bond donors (Lipinski definition) is 1. The maximum absolute atomic E-state index is 6.16. The summed E-state index contributed by atoms with van der Waals surface area (Å²) in [5, 5.41) is 4.15. The molecule has 3 heteroatoms. The minimum absolute atomic E-state index is 0.183. The Kier molecular flexibility index (Phi) is 4.91. The summed E-state index contributed by atoms with van der Waals surface area (Å²) in [5.74, 6) is 0.897. The van der Waals surface area contributed by atoms with Gasteiger partial charge in [-0.15, -0.1) is 0 Å². The van der Waals surface area contributed by atoms with Crippen molar-refractivity contribution in [2.45, 2.75) is 32.9 Å². The zero-order chi connectivity index (χ0) is 14.5. The van der Waals surface area contributed by atoms with Crippen LogP contribution in [0.25, 0.3) is 0 Å². The van der Waals surface area contributed by atoms with E-state index in [9.17, 15) is 0 Å². The van der Waals surface area contributed by atoms with Crippen LogP contribution in [0.5, 0.6) is 5.75 Å². The molecule has 0 saturated heterocycles. The molecule has 2 aromatic rings. The van der Waals surface area contributed by atoms with E-state index < -0.39 is 0 Å². The number of benzene rings is 2. The lowest BCUT2D eigenvalue weighted by molar-refractivity contribution is 0.242. The number of anilines is 1. The third-order valence-electron chi connectivity index (χ3n) is 3.00. The van der Waals surface area contributed by atoms with Gasteiger partial charge in [0.1, 0.15) is 5.75 Å². The molecule has 2 rings (SSSR count). The molecule has 0 saturated carbocycles. The Morgan fingerprint density at radius 2 is 1.60 bits per heavy atom. The van der Waals surface area contributed by atoms with Crippen LogP contribution < -0.4 is 10.1 Å². The van der Waals surface area contributed by atoms with Crippen LogP contribution in [0.3, 0.4) is 0 Å². The minimum Gasteiger partial charge on any atom is -0.491 e. The van der Waals surface area contributed by atoms with Crippen molar-refractivity contribution in [2.75, 3.05) is 5.32 Å². The van der Waals surface area contributed by atoms with Crippen LogP contribution in [0.15, 0.2) is 48.5 Å². The lowest BCUT2D eigenvalue weighted by Gasteiger charge is -2.17. The van der Waals surface area contributed by atoms with E-state index in [-0.39, 0.29) is 12.1 Å². The highest BCUT2D eigenvalue weighted by molar-refractivity contribution is 6.33. The largest absolute Gasteiger partial charge is 0.491 e. The summed E-state index contributed by atoms with van der Waals surface area (Å²) >= 11 is 6.16. The first-order chi connectivity index (χ1) is 9.56. The molecule has 0 aliphatic carbocycles. The van der Waals surface area contributed by atoms with Gasteiger partial charge in [-0.2, -0.15) is 0 Å². The van der Waals surface area contributed by atoms with Crippen LogP contribution in [-0.2, 0) is 0 Å². The third kappa shape index (κ3) is 3.91. The fourth-order valence-corrected chi connectivity index (χ4v) is 2.19. The molecule has 1 atom stereocenters. The molecular weight excluding hydrogens is 270 g/mol. The van der Waals surface area contributed by atoms with Crippen LogP contribution in [-0.4, -0.2) is 6.10 Å². The molecule has 0 fully saturated rings. The number of para-hydroxylation sites is 1. The second-order valence-corrected chi connectivity index (χ2v) is 5.49. The lowest BCUT2D eigenvalue weighted by Crippen LogP contribution is -2.08. The predicted octanol–water partition coefficient (Wildman–Crippen LogP) is 5.30. The Morgan fingerprint density at radius 1 is 0.950 bits per heavy atom. The fourth-order valence-electron chi connectivity index (χ4n) is 2.00. The molecule has 1 N–H and O–H groups in total. The van der Waals surface area contributed by atoms with E-state index in [1.807, 2.05) is 50.2 Å². The van der Waals surface area contributed by atoms with Gasteiger partial charge in [-0.25, -0.2) is 0 Å². The molecular formula is C17H20ClNO. The summed E-state index contributed by atoms with van der Waals surface area (Å²) < 4.78 is 5.64. The summed E-state index contributed by atoms with van der Waals surface area (Å²) in [6.07, 6.45) is 0.194. The van der Waals surface area contributed by atoms with Crippen molar-refractivity contribution < 1.29 is 4.74 Å². The van der Waals surface area contributed by atoms with E-state index in [1.54, 1.807) is 0 Å². The molecule has 0 spiro atoms. The van der Waals surface area contributed by atoms with Crippen LogP contribution in [0.1, 0.15) is 32.4 Å². The van der Waals surface area contributed by atoms with Crippen molar-refractivity contribution in [1.29, 1.82) is 0 Å². The standard InChI is InChI=1S/C17H20ClNO/c1-12(2)20-15-10-8-14(9-11-15)13(3)19-17-7-5-4-6-16(17)18/h4-13,19H,1-3H3. The number of hydrogen-bond acceptors (Lipinski definition) is 2. The molecule has 20 heavy (non-hydrogen) atoms. The summed E-state index contributed by atoms with van der Waals surface area (Å²) in [4.78, 5) is 0. The summed E-state index contributed by atoms with van der Waals surface area (Å²) in [7, 11) is 0. The van der Waals surface area contributed by atoms with E-state index in [0.717, 1.165) is 16.5 Å². The van der Waals surface area contributed by atoms with Crippen LogP contribution in [0.4, 0.5) is 5.69 Å². The van der Waals surface area contributed by atoms with Crippen LogP contribution >= 0.6 is 11.6 Å². The third-order valence-corrected chi connectivity index (χ3v) is 3.33. The second-order valence-electron chi connectivity index (χ2n) is 5.08. The van der Waals surface area contributed by atoms with Crippen molar-refractivity contribution in [3.63, 3.8) is 0 Å². The van der Waals surface area contributed by atoms with Crippen molar-refractivity contribution in [2.24, 2.45) is 0 Å². The molecule has 0 aliphatic heterocycles. The first-order valence-corrected chi connectivity index (χ1v) is 7.21. The van der Waals surface area contributed by atoms with E-state index in [4.69, 9.17) is 16.3 Å². The van der Waals surface area contributed by atoms with Gasteiger partial charge in [0, 0.05) is 6.04 Å². The van der Waals surface area contributed by atoms with Gasteiger partial charge in [-0.3, -0.25) is 0 Å². The number of halogens is 1. The maximum Gasteiger partial charge on any atom is 0.119 e. The fraction of sp³-hybridized carbons (Fsp3) is 0.294. The summed E-state index contributed by atoms with van der Waals surface area (Å²) in [6.45, 7) is 6.16. The second kappa shape index (κ2) is 6.67. The molecule has 0 amide bonds. The van der Waals surface area contributed by atoms with Gasteiger partial charge < -0.3 is 10.1 Å². The molecule has 0 radical (unpaired) electrons. The Labute approximate surface area is 125 Å². The Balaban J connectivity index is 2.06. The Bertz CT molecular complexity index is 551. The quantitative estimate of drug-likeness (QED) is 0.806. The van der Waals surface area contributed by atoms with Gasteiger partial charge in [0.25, 0.3) is 0 Å². The highest BCUT2D eigenvalue weighted by Gasteiger charge is 2.07. The van der Waals surface area contributed by atoms with E-state index in [2.05, 4.69) is 24.4 Å². The smallest absolute Gasteiger partial charge is 0.119 e. The van der Waals surface area contributed by atoms with E-state index >= 15 is 0 Å². The molecule has 0 bridgehead atoms. The molecule has 1 unspecified atom stereocenters. The van der Waals surface area contributed by atoms with Crippen molar-refractivity contribution in [3.05, 3.63) is 59.1 Å². The zero-order valence-corrected chi connectivity index (χ0v) is 12.8. The van der Waals surface area contributed by atoms with Gasteiger partial charge in [0.05, 0.1) is 16.8 Å². The van der Waals surface area contributed by atoms with Crippen molar-refractivity contribution in [1.82, 2.24) is 0 Å². The van der Waals surface area contributed by atoms with E-state index in [1.165, 1.54) is 5.56 Å². The lowest BCUT2D eigenvalue weighted by atomic mass is 10.1. The van der Waals surface area contributed by atoms with Crippen molar-refractivity contribution in [3.8, 4) is 5.75 Å². The monoisotopic (exact) mass is 289 g/mol. The van der Waals surface area contributed by atoms with Gasteiger partial charge >= 0.3 is 0 Å². The minimum atomic E-state index is 0.183. The molecule has 0 heterocycles. The topological polar surface area (TPSA) is 21.3 Å².